The molecule has 0 amide bonds. The third kappa shape index (κ3) is 5.42. The van der Waals surface area contributed by atoms with Gasteiger partial charge in [0.25, 0.3) is 0 Å². The minimum Gasteiger partial charge on any atom is -0.294 e. The maximum atomic E-state index is 5.16. The number of nitrogens with zero attached hydrogens (tertiary/aromatic N) is 10. The first kappa shape index (κ1) is 36.2. The van der Waals surface area contributed by atoms with Crippen molar-refractivity contribution in [2.75, 3.05) is 0 Å². The van der Waals surface area contributed by atoms with Crippen LogP contribution in [-0.2, 0) is 0 Å². The zero-order valence-electron chi connectivity index (χ0n) is 34.9. The highest BCUT2D eigenvalue weighted by Crippen LogP contribution is 2.47. The molecule has 0 saturated carbocycles. The van der Waals surface area contributed by atoms with Gasteiger partial charge in [-0.05, 0) is 142 Å². The number of hydrogen-bond acceptors (Lipinski definition) is 8. The Morgan fingerprint density at radius 2 is 0.652 bits per heavy atom. The molecule has 0 aliphatic heterocycles. The minimum absolute atomic E-state index is 0.844. The molecule has 0 bridgehead atoms. The molecular weight excluding hydrogens is 813 g/mol. The summed E-state index contributed by atoms with van der Waals surface area (Å²) in [5.41, 5.74) is 13.1. The van der Waals surface area contributed by atoms with E-state index < -0.39 is 0 Å². The van der Waals surface area contributed by atoms with Crippen molar-refractivity contribution >= 4 is 76.2 Å². The van der Waals surface area contributed by atoms with Crippen LogP contribution in [0.3, 0.4) is 0 Å². The van der Waals surface area contributed by atoms with Crippen molar-refractivity contribution in [1.29, 1.82) is 0 Å². The maximum Gasteiger partial charge on any atom is 0.145 e. The first-order valence-electron chi connectivity index (χ1n) is 21.7. The van der Waals surface area contributed by atoms with Crippen LogP contribution >= 0.6 is 0 Å². The van der Waals surface area contributed by atoms with E-state index in [4.69, 9.17) is 19.9 Å². The van der Waals surface area contributed by atoms with Gasteiger partial charge in [0, 0.05) is 106 Å². The Labute approximate surface area is 375 Å². The fourth-order valence-corrected chi connectivity index (χ4v) is 10.1. The van der Waals surface area contributed by atoms with E-state index >= 15 is 0 Å². The minimum atomic E-state index is 0.844. The van der Waals surface area contributed by atoms with Crippen molar-refractivity contribution in [2.45, 2.75) is 0 Å². The van der Waals surface area contributed by atoms with Crippen LogP contribution in [0.1, 0.15) is 0 Å². The predicted octanol–water partition coefficient (Wildman–Crippen LogP) is 12.6. The van der Waals surface area contributed by atoms with Gasteiger partial charge in [0.1, 0.15) is 11.3 Å². The molecule has 0 unspecified atom stereocenters. The van der Waals surface area contributed by atoms with Gasteiger partial charge in [-0.3, -0.25) is 29.1 Å². The van der Waals surface area contributed by atoms with Gasteiger partial charge in [0.15, 0.2) is 0 Å². The van der Waals surface area contributed by atoms with Gasteiger partial charge >= 0.3 is 0 Å². The molecule has 10 heteroatoms. The molecule has 0 N–H and O–H groups in total. The molecule has 0 aliphatic rings. The molecule has 0 saturated heterocycles. The summed E-state index contributed by atoms with van der Waals surface area (Å²) in [4.78, 5) is 37.6. The molecular formula is C56H32N10. The fourth-order valence-electron chi connectivity index (χ4n) is 10.1. The summed E-state index contributed by atoms with van der Waals surface area (Å²) in [6, 6.07) is 46.9. The second-order valence-electron chi connectivity index (χ2n) is 16.5. The molecule has 10 nitrogen and oxygen atoms in total. The van der Waals surface area contributed by atoms with Gasteiger partial charge in [0.2, 0.25) is 0 Å². The number of benzene rings is 4. The molecule has 0 spiro atoms. The summed E-state index contributed by atoms with van der Waals surface area (Å²) in [7, 11) is 0. The Morgan fingerprint density at radius 1 is 0.303 bits per heavy atom. The van der Waals surface area contributed by atoms with Crippen LogP contribution in [0.4, 0.5) is 0 Å². The lowest BCUT2D eigenvalue weighted by Crippen LogP contribution is -2.00. The zero-order valence-corrected chi connectivity index (χ0v) is 34.9. The first-order valence-corrected chi connectivity index (χ1v) is 21.7. The Bertz CT molecular complexity index is 3820. The van der Waals surface area contributed by atoms with Gasteiger partial charge < -0.3 is 0 Å². The van der Waals surface area contributed by atoms with Gasteiger partial charge in [-0.15, -0.1) is 0 Å². The predicted molar refractivity (Wildman–Crippen MR) is 263 cm³/mol. The van der Waals surface area contributed by atoms with Gasteiger partial charge in [-0.2, -0.15) is 0 Å². The van der Waals surface area contributed by atoms with E-state index in [0.717, 1.165) is 111 Å². The molecule has 4 aromatic carbocycles. The number of fused-ring (bicyclic) bond motifs is 8. The summed E-state index contributed by atoms with van der Waals surface area (Å²) >= 11 is 0. The van der Waals surface area contributed by atoms with Crippen molar-refractivity contribution < 1.29 is 0 Å². The summed E-state index contributed by atoms with van der Waals surface area (Å²) in [5, 5.41) is 11.6. The topological polar surface area (TPSA) is 113 Å². The van der Waals surface area contributed by atoms with E-state index in [-0.39, 0.29) is 0 Å². The standard InChI is InChI=1S/C56H32N10/c1-3-43-53-41-7-5-38-28-50-54(44-4-2-18-62-56(44)66(50)40-31-47(35-13-23-59-24-14-35)64-48(32-40)36-15-25-60-26-16-36)42-8-6-37(51(41)52(38)42)27-49(53)65(55(43)61-17-1)39-29-45(33-9-19-57-20-10-33)63-46(30-39)34-11-21-58-22-12-34/h1-32H. The summed E-state index contributed by atoms with van der Waals surface area (Å²) < 4.78 is 4.59. The van der Waals surface area contributed by atoms with E-state index in [1.165, 1.54) is 21.5 Å². The molecule has 0 radical (unpaired) electrons. The SMILES string of the molecule is c1cnc2c(c1)c1c3ccc4cc5c(c6ccc(cc1n2-c1cc(-c2ccncc2)nc(-c2ccncc2)c1)c3c46)c1cccnc1n5-c1cc(-c2ccncc2)nc(-c2ccncc2)c1. The second kappa shape index (κ2) is 14.1. The fraction of sp³-hybridized carbons (Fsp3) is 0. The molecule has 0 atom stereocenters. The highest BCUT2D eigenvalue weighted by molar-refractivity contribution is 6.37. The molecule has 10 heterocycles. The second-order valence-corrected chi connectivity index (χ2v) is 16.5. The molecule has 0 fully saturated rings. The van der Waals surface area contributed by atoms with Crippen molar-refractivity contribution in [3.8, 4) is 56.4 Å². The smallest absolute Gasteiger partial charge is 0.145 e. The van der Waals surface area contributed by atoms with Crippen molar-refractivity contribution in [3.63, 3.8) is 0 Å². The van der Waals surface area contributed by atoms with Crippen molar-refractivity contribution in [1.82, 2.24) is 49.0 Å². The lowest BCUT2D eigenvalue weighted by molar-refractivity contribution is 1.12. The average molecular weight is 845 g/mol. The van der Waals surface area contributed by atoms with Crippen LogP contribution < -0.4 is 0 Å². The van der Waals surface area contributed by atoms with Gasteiger partial charge in [-0.1, -0.05) is 24.3 Å². The van der Waals surface area contributed by atoms with Crippen molar-refractivity contribution in [3.05, 3.63) is 195 Å². The molecule has 10 aromatic heterocycles. The van der Waals surface area contributed by atoms with E-state index in [9.17, 15) is 0 Å². The normalized spacial score (nSPS) is 11.9. The van der Waals surface area contributed by atoms with Crippen LogP contribution in [-0.4, -0.2) is 49.0 Å². The third-order valence-electron chi connectivity index (χ3n) is 12.9. The highest BCUT2D eigenvalue weighted by atomic mass is 15.1. The number of hydrogen-bond donors (Lipinski definition) is 0. The highest BCUT2D eigenvalue weighted by Gasteiger charge is 2.24. The summed E-state index contributed by atoms with van der Waals surface area (Å²) in [6.07, 6.45) is 18.2. The lowest BCUT2D eigenvalue weighted by Gasteiger charge is -2.16. The first-order chi connectivity index (χ1) is 32.7. The quantitative estimate of drug-likeness (QED) is 0.152. The largest absolute Gasteiger partial charge is 0.294 e. The number of rotatable bonds is 6. The Hall–Kier alpha value is -9.28. The molecule has 0 aliphatic carbocycles. The van der Waals surface area contributed by atoms with Gasteiger partial charge in [0.05, 0.1) is 45.2 Å². The van der Waals surface area contributed by atoms with Crippen molar-refractivity contribution in [2.24, 2.45) is 0 Å². The van der Waals surface area contributed by atoms with Crippen LogP contribution in [0.15, 0.2) is 195 Å². The third-order valence-corrected chi connectivity index (χ3v) is 12.9. The van der Waals surface area contributed by atoms with Crippen LogP contribution in [0.2, 0.25) is 0 Å². The van der Waals surface area contributed by atoms with E-state index in [1.807, 2.05) is 73.1 Å². The molecule has 14 rings (SSSR count). The van der Waals surface area contributed by atoms with Crippen LogP contribution in [0.25, 0.3) is 133 Å². The number of aromatic nitrogens is 10. The Balaban J connectivity index is 1.04. The van der Waals surface area contributed by atoms with E-state index in [1.54, 1.807) is 49.6 Å². The summed E-state index contributed by atoms with van der Waals surface area (Å²) in [5.74, 6) is 0. The van der Waals surface area contributed by atoms with Crippen LogP contribution in [0.5, 0.6) is 0 Å². The Morgan fingerprint density at radius 3 is 1.00 bits per heavy atom. The average Bonchev–Trinajstić information content (AvgIpc) is 3.91. The maximum absolute atomic E-state index is 5.16. The zero-order chi connectivity index (χ0) is 43.3. The Kier molecular flexibility index (Phi) is 7.75. The lowest BCUT2D eigenvalue weighted by atomic mass is 9.90. The molecule has 14 aromatic rings. The monoisotopic (exact) mass is 844 g/mol. The van der Waals surface area contributed by atoms with Crippen LogP contribution in [0, 0.1) is 0 Å². The number of pyridine rings is 8. The summed E-state index contributed by atoms with van der Waals surface area (Å²) in [6.45, 7) is 0. The molecule has 306 valence electrons. The van der Waals surface area contributed by atoms with E-state index in [2.05, 4.69) is 102 Å². The van der Waals surface area contributed by atoms with E-state index in [0.29, 0.717) is 0 Å². The van der Waals surface area contributed by atoms with Gasteiger partial charge in [-0.25, -0.2) is 19.9 Å². The molecule has 66 heavy (non-hydrogen) atoms.